The summed E-state index contributed by atoms with van der Waals surface area (Å²) in [6, 6.07) is -0.730. The molecule has 76 valence electrons. The van der Waals surface area contributed by atoms with E-state index in [2.05, 4.69) is 9.78 Å². The SMILES string of the molecule is CSCC[C@H](N)C(=O)OOC(C)=O. The molecule has 0 radical (unpaired) electrons. The molecule has 0 aromatic heterocycles. The summed E-state index contributed by atoms with van der Waals surface area (Å²) in [6.45, 7) is 1.14. The van der Waals surface area contributed by atoms with Crippen LogP contribution in [0.4, 0.5) is 0 Å². The second-order valence-corrected chi connectivity index (χ2v) is 3.35. The minimum atomic E-state index is -0.730. The summed E-state index contributed by atoms with van der Waals surface area (Å²) in [5, 5.41) is 0. The van der Waals surface area contributed by atoms with Gasteiger partial charge in [-0.05, 0) is 18.4 Å². The fourth-order valence-corrected chi connectivity index (χ4v) is 1.01. The Kier molecular flexibility index (Phi) is 6.34. The van der Waals surface area contributed by atoms with E-state index in [0.29, 0.717) is 6.42 Å². The molecule has 0 heterocycles. The first-order valence-corrected chi connectivity index (χ1v) is 5.10. The molecule has 0 aromatic rings. The van der Waals surface area contributed by atoms with Crippen LogP contribution in [0.2, 0.25) is 0 Å². The highest BCUT2D eigenvalue weighted by molar-refractivity contribution is 7.98. The third-order valence-electron chi connectivity index (χ3n) is 1.18. The van der Waals surface area contributed by atoms with E-state index in [-0.39, 0.29) is 0 Å². The van der Waals surface area contributed by atoms with Crippen molar-refractivity contribution in [3.8, 4) is 0 Å². The van der Waals surface area contributed by atoms with Gasteiger partial charge in [0.1, 0.15) is 6.04 Å². The van der Waals surface area contributed by atoms with Crippen LogP contribution in [-0.2, 0) is 19.4 Å². The predicted octanol–water partition coefficient (Wildman–Crippen LogP) is 0.0881. The normalized spacial score (nSPS) is 11.9. The number of thioether (sulfide) groups is 1. The third kappa shape index (κ3) is 6.41. The lowest BCUT2D eigenvalue weighted by Crippen LogP contribution is -2.33. The molecule has 0 amide bonds. The lowest BCUT2D eigenvalue weighted by atomic mass is 10.2. The molecule has 0 aliphatic heterocycles. The van der Waals surface area contributed by atoms with Crippen LogP contribution >= 0.6 is 11.8 Å². The Morgan fingerprint density at radius 1 is 1.46 bits per heavy atom. The smallest absolute Gasteiger partial charge is 0.318 e. The Hall–Kier alpha value is -0.750. The minimum absolute atomic E-state index is 0.501. The first-order valence-electron chi connectivity index (χ1n) is 3.71. The van der Waals surface area contributed by atoms with E-state index in [1.165, 1.54) is 0 Å². The molecule has 0 aliphatic rings. The molecule has 0 spiro atoms. The van der Waals surface area contributed by atoms with Gasteiger partial charge in [0.2, 0.25) is 0 Å². The number of nitrogens with two attached hydrogens (primary N) is 1. The lowest BCUT2D eigenvalue weighted by Gasteiger charge is -2.07. The Morgan fingerprint density at radius 2 is 2.08 bits per heavy atom. The predicted molar refractivity (Wildman–Crippen MR) is 48.8 cm³/mol. The van der Waals surface area contributed by atoms with Crippen LogP contribution in [0.3, 0.4) is 0 Å². The number of hydrogen-bond acceptors (Lipinski definition) is 6. The molecule has 0 unspecified atom stereocenters. The average Bonchev–Trinajstić information content (AvgIpc) is 2.10. The van der Waals surface area contributed by atoms with Crippen LogP contribution in [0, 0.1) is 0 Å². The maximum atomic E-state index is 10.9. The van der Waals surface area contributed by atoms with Crippen molar-refractivity contribution in [1.29, 1.82) is 0 Å². The molecule has 6 heteroatoms. The molecular formula is C7H13NO4S. The van der Waals surface area contributed by atoms with Crippen molar-refractivity contribution in [2.24, 2.45) is 5.73 Å². The maximum absolute atomic E-state index is 10.9. The molecule has 0 bridgehead atoms. The highest BCUT2D eigenvalue weighted by atomic mass is 32.2. The topological polar surface area (TPSA) is 78.6 Å². The van der Waals surface area contributed by atoms with Crippen LogP contribution in [0.1, 0.15) is 13.3 Å². The maximum Gasteiger partial charge on any atom is 0.372 e. The van der Waals surface area contributed by atoms with Gasteiger partial charge in [-0.1, -0.05) is 0 Å². The molecule has 1 atom stereocenters. The van der Waals surface area contributed by atoms with Crippen molar-refractivity contribution in [2.45, 2.75) is 19.4 Å². The van der Waals surface area contributed by atoms with Gasteiger partial charge >= 0.3 is 11.9 Å². The van der Waals surface area contributed by atoms with E-state index < -0.39 is 18.0 Å². The summed E-state index contributed by atoms with van der Waals surface area (Å²) in [6.07, 6.45) is 2.41. The van der Waals surface area contributed by atoms with Gasteiger partial charge < -0.3 is 5.73 Å². The van der Waals surface area contributed by atoms with Crippen molar-refractivity contribution < 1.29 is 19.4 Å². The standard InChI is InChI=1S/C7H13NO4S/c1-5(9)11-12-7(10)6(8)3-4-13-2/h6H,3-4,8H2,1-2H3/t6-/m0/s1. The summed E-state index contributed by atoms with van der Waals surface area (Å²) in [7, 11) is 0. The Bertz CT molecular complexity index is 185. The number of carbonyl (C=O) groups excluding carboxylic acids is 2. The first-order chi connectivity index (χ1) is 6.07. The summed E-state index contributed by atoms with van der Waals surface area (Å²) in [4.78, 5) is 29.3. The van der Waals surface area contributed by atoms with Gasteiger partial charge in [-0.15, -0.1) is 0 Å². The zero-order chi connectivity index (χ0) is 10.3. The largest absolute Gasteiger partial charge is 0.372 e. The number of carbonyl (C=O) groups is 2. The summed E-state index contributed by atoms with van der Waals surface area (Å²) >= 11 is 1.58. The van der Waals surface area contributed by atoms with E-state index in [1.807, 2.05) is 6.26 Å². The second-order valence-electron chi connectivity index (χ2n) is 2.37. The van der Waals surface area contributed by atoms with Crippen LogP contribution in [0.15, 0.2) is 0 Å². The van der Waals surface area contributed by atoms with E-state index in [0.717, 1.165) is 12.7 Å². The van der Waals surface area contributed by atoms with Gasteiger partial charge in [-0.2, -0.15) is 11.8 Å². The summed E-state index contributed by atoms with van der Waals surface area (Å²) in [5.41, 5.74) is 5.41. The highest BCUT2D eigenvalue weighted by Crippen LogP contribution is 2.00. The molecule has 0 rings (SSSR count). The Labute approximate surface area is 80.9 Å². The van der Waals surface area contributed by atoms with Crippen LogP contribution in [0.5, 0.6) is 0 Å². The highest BCUT2D eigenvalue weighted by Gasteiger charge is 2.16. The van der Waals surface area contributed by atoms with Crippen molar-refractivity contribution in [1.82, 2.24) is 0 Å². The van der Waals surface area contributed by atoms with E-state index in [4.69, 9.17) is 5.73 Å². The van der Waals surface area contributed by atoms with Gasteiger partial charge in [0.15, 0.2) is 0 Å². The zero-order valence-electron chi connectivity index (χ0n) is 7.61. The van der Waals surface area contributed by atoms with Crippen LogP contribution in [-0.4, -0.2) is 30.0 Å². The third-order valence-corrected chi connectivity index (χ3v) is 1.82. The van der Waals surface area contributed by atoms with Crippen molar-refractivity contribution in [3.05, 3.63) is 0 Å². The van der Waals surface area contributed by atoms with E-state index in [9.17, 15) is 9.59 Å². The zero-order valence-corrected chi connectivity index (χ0v) is 8.43. The molecule has 0 saturated carbocycles. The molecule has 13 heavy (non-hydrogen) atoms. The summed E-state index contributed by atoms with van der Waals surface area (Å²) < 4.78 is 0. The van der Waals surface area contributed by atoms with Crippen LogP contribution < -0.4 is 5.73 Å². The molecule has 0 aliphatic carbocycles. The molecule has 0 saturated heterocycles. The van der Waals surface area contributed by atoms with Crippen LogP contribution in [0.25, 0.3) is 0 Å². The minimum Gasteiger partial charge on any atom is -0.318 e. The second kappa shape index (κ2) is 6.73. The van der Waals surface area contributed by atoms with Crippen molar-refractivity contribution in [3.63, 3.8) is 0 Å². The van der Waals surface area contributed by atoms with Gasteiger partial charge in [0.05, 0.1) is 0 Å². The number of hydrogen-bond donors (Lipinski definition) is 1. The van der Waals surface area contributed by atoms with E-state index >= 15 is 0 Å². The molecule has 0 aromatic carbocycles. The molecule has 0 fully saturated rings. The average molecular weight is 207 g/mol. The van der Waals surface area contributed by atoms with Gasteiger partial charge in [0.25, 0.3) is 0 Å². The Morgan fingerprint density at radius 3 is 2.54 bits per heavy atom. The fraction of sp³-hybridized carbons (Fsp3) is 0.714. The monoisotopic (exact) mass is 207 g/mol. The van der Waals surface area contributed by atoms with E-state index in [1.54, 1.807) is 11.8 Å². The number of rotatable bonds is 4. The first kappa shape index (κ1) is 12.2. The quantitative estimate of drug-likeness (QED) is 0.520. The molecule has 5 nitrogen and oxygen atoms in total. The van der Waals surface area contributed by atoms with Crippen molar-refractivity contribution >= 4 is 23.7 Å². The summed E-state index contributed by atoms with van der Waals surface area (Å²) in [5.74, 6) is -0.634. The van der Waals surface area contributed by atoms with Gasteiger partial charge in [0, 0.05) is 6.92 Å². The molecular weight excluding hydrogens is 194 g/mol. The fourth-order valence-electron chi connectivity index (χ4n) is 0.524. The van der Waals surface area contributed by atoms with Gasteiger partial charge in [-0.25, -0.2) is 19.4 Å². The lowest BCUT2D eigenvalue weighted by molar-refractivity contribution is -0.258. The Balaban J connectivity index is 3.63. The van der Waals surface area contributed by atoms with Gasteiger partial charge in [-0.3, -0.25) is 0 Å². The molecule has 2 N–H and O–H groups in total. The van der Waals surface area contributed by atoms with Crippen molar-refractivity contribution in [2.75, 3.05) is 12.0 Å².